The average Bonchev–Trinajstić information content (AvgIpc) is 2.78. The fourth-order valence-electron chi connectivity index (χ4n) is 2.80. The number of nitrogens with zero attached hydrogens (tertiary/aromatic N) is 1. The van der Waals surface area contributed by atoms with Crippen LogP contribution in [-0.4, -0.2) is 30.0 Å². The van der Waals surface area contributed by atoms with Gasteiger partial charge in [-0.1, -0.05) is 48.5 Å². The van der Waals surface area contributed by atoms with E-state index in [1.54, 1.807) is 18.2 Å². The average molecular weight is 390 g/mol. The number of carbonyl (C=O) groups excluding carboxylic acids is 2. The van der Waals surface area contributed by atoms with E-state index in [4.69, 9.17) is 9.47 Å². The normalized spacial score (nSPS) is 11.3. The highest BCUT2D eigenvalue weighted by molar-refractivity contribution is 5.95. The Morgan fingerprint density at radius 3 is 2.45 bits per heavy atom. The number of ether oxygens (including phenoxy) is 2. The lowest BCUT2D eigenvalue weighted by Crippen LogP contribution is -2.43. The van der Waals surface area contributed by atoms with Gasteiger partial charge in [0.15, 0.2) is 0 Å². The summed E-state index contributed by atoms with van der Waals surface area (Å²) in [4.78, 5) is 28.6. The zero-order chi connectivity index (χ0) is 20.5. The maximum absolute atomic E-state index is 12.4. The van der Waals surface area contributed by atoms with Crippen molar-refractivity contribution in [3.63, 3.8) is 0 Å². The molecule has 0 aliphatic rings. The van der Waals surface area contributed by atoms with Gasteiger partial charge >= 0.3 is 5.97 Å². The topological polar surface area (TPSA) is 77.5 Å². The molecule has 0 fully saturated rings. The van der Waals surface area contributed by atoms with Crippen molar-refractivity contribution < 1.29 is 19.1 Å². The van der Waals surface area contributed by atoms with Crippen molar-refractivity contribution in [2.75, 3.05) is 7.11 Å². The summed E-state index contributed by atoms with van der Waals surface area (Å²) in [6.07, 6.45) is 1.80. The molecule has 0 unspecified atom stereocenters. The molecule has 6 heteroatoms. The zero-order valence-corrected chi connectivity index (χ0v) is 16.1. The molecule has 1 aromatic heterocycles. The lowest BCUT2D eigenvalue weighted by atomic mass is 10.1. The Kier molecular flexibility index (Phi) is 6.95. The maximum atomic E-state index is 12.4. The molecule has 29 heavy (non-hydrogen) atoms. The number of hydrogen-bond donors (Lipinski definition) is 1. The Hall–Kier alpha value is -3.67. The van der Waals surface area contributed by atoms with E-state index in [0.717, 1.165) is 11.1 Å². The Morgan fingerprint density at radius 2 is 1.72 bits per heavy atom. The standard InChI is InChI=1S/C23H22N2O4/c1-28-23(27)21(25-22(26)20-12-5-6-13-24-20)15-18-10-7-11-19(14-18)29-16-17-8-3-2-4-9-17/h2-14,21H,15-16H2,1H3,(H,25,26)/t21-/m0/s1. The lowest BCUT2D eigenvalue weighted by Gasteiger charge is -2.17. The van der Waals surface area contributed by atoms with Gasteiger partial charge in [0.25, 0.3) is 5.91 Å². The number of carbonyl (C=O) groups is 2. The molecule has 3 rings (SSSR count). The number of hydrogen-bond acceptors (Lipinski definition) is 5. The van der Waals surface area contributed by atoms with Crippen molar-refractivity contribution in [3.8, 4) is 5.75 Å². The van der Waals surface area contributed by atoms with Crippen LogP contribution in [0.5, 0.6) is 5.75 Å². The predicted molar refractivity (Wildman–Crippen MR) is 108 cm³/mol. The summed E-state index contributed by atoms with van der Waals surface area (Å²) in [5.41, 5.74) is 2.14. The molecule has 0 saturated heterocycles. The third kappa shape index (κ3) is 5.90. The number of pyridine rings is 1. The molecule has 6 nitrogen and oxygen atoms in total. The molecule has 2 aromatic carbocycles. The summed E-state index contributed by atoms with van der Waals surface area (Å²) in [6.45, 7) is 0.446. The molecule has 3 aromatic rings. The quantitative estimate of drug-likeness (QED) is 0.598. The molecule has 1 heterocycles. The minimum atomic E-state index is -0.834. The van der Waals surface area contributed by atoms with Crippen LogP contribution in [0.1, 0.15) is 21.6 Å². The molecule has 1 amide bonds. The number of amides is 1. The third-order valence-electron chi connectivity index (χ3n) is 4.28. The van der Waals surface area contributed by atoms with Crippen LogP contribution in [-0.2, 0) is 22.6 Å². The lowest BCUT2D eigenvalue weighted by molar-refractivity contribution is -0.142. The van der Waals surface area contributed by atoms with Gasteiger partial charge in [-0.25, -0.2) is 4.79 Å². The Morgan fingerprint density at radius 1 is 0.966 bits per heavy atom. The number of nitrogens with one attached hydrogen (secondary N) is 1. The maximum Gasteiger partial charge on any atom is 0.328 e. The van der Waals surface area contributed by atoms with Gasteiger partial charge in [-0.3, -0.25) is 9.78 Å². The Labute approximate surface area is 169 Å². The molecule has 1 N–H and O–H groups in total. The molecular formula is C23H22N2O4. The van der Waals surface area contributed by atoms with Gasteiger partial charge in [0.2, 0.25) is 0 Å². The van der Waals surface area contributed by atoms with E-state index in [1.165, 1.54) is 13.3 Å². The van der Waals surface area contributed by atoms with Crippen molar-refractivity contribution in [3.05, 3.63) is 95.8 Å². The molecular weight excluding hydrogens is 368 g/mol. The van der Waals surface area contributed by atoms with Crippen LogP contribution in [0, 0.1) is 0 Å². The van der Waals surface area contributed by atoms with Gasteiger partial charge in [0, 0.05) is 12.6 Å². The van der Waals surface area contributed by atoms with Crippen molar-refractivity contribution in [1.82, 2.24) is 10.3 Å². The van der Waals surface area contributed by atoms with Gasteiger partial charge in [-0.2, -0.15) is 0 Å². The van der Waals surface area contributed by atoms with Crippen molar-refractivity contribution in [1.29, 1.82) is 0 Å². The summed E-state index contributed by atoms with van der Waals surface area (Å²) >= 11 is 0. The van der Waals surface area contributed by atoms with Crippen LogP contribution in [0.2, 0.25) is 0 Å². The van der Waals surface area contributed by atoms with Gasteiger partial charge in [-0.05, 0) is 35.4 Å². The summed E-state index contributed by atoms with van der Waals surface area (Å²) in [5, 5.41) is 2.69. The second kappa shape index (κ2) is 10.0. The third-order valence-corrected chi connectivity index (χ3v) is 4.28. The number of rotatable bonds is 8. The van der Waals surface area contributed by atoms with Crippen LogP contribution in [0.3, 0.4) is 0 Å². The summed E-state index contributed by atoms with van der Waals surface area (Å²) < 4.78 is 10.7. The first-order valence-electron chi connectivity index (χ1n) is 9.21. The smallest absolute Gasteiger partial charge is 0.328 e. The first-order chi connectivity index (χ1) is 14.2. The van der Waals surface area contributed by atoms with E-state index in [0.29, 0.717) is 12.4 Å². The number of esters is 1. The molecule has 0 bridgehead atoms. The van der Waals surface area contributed by atoms with Crippen LogP contribution < -0.4 is 10.1 Å². The van der Waals surface area contributed by atoms with Gasteiger partial charge in [-0.15, -0.1) is 0 Å². The van der Waals surface area contributed by atoms with Crippen LogP contribution in [0.15, 0.2) is 79.0 Å². The fraction of sp³-hybridized carbons (Fsp3) is 0.174. The summed E-state index contributed by atoms with van der Waals surface area (Å²) in [5.74, 6) is -0.270. The monoisotopic (exact) mass is 390 g/mol. The van der Waals surface area contributed by atoms with E-state index in [9.17, 15) is 9.59 Å². The van der Waals surface area contributed by atoms with Crippen molar-refractivity contribution in [2.45, 2.75) is 19.1 Å². The minimum Gasteiger partial charge on any atom is -0.489 e. The SMILES string of the molecule is COC(=O)[C@H](Cc1cccc(OCc2ccccc2)c1)NC(=O)c1ccccn1. The van der Waals surface area contributed by atoms with E-state index in [-0.39, 0.29) is 12.1 Å². The van der Waals surface area contributed by atoms with E-state index >= 15 is 0 Å². The predicted octanol–water partition coefficient (Wildman–Crippen LogP) is 3.17. The summed E-state index contributed by atoms with van der Waals surface area (Å²) in [7, 11) is 1.29. The molecule has 0 spiro atoms. The van der Waals surface area contributed by atoms with Gasteiger partial charge in [0.05, 0.1) is 7.11 Å². The van der Waals surface area contributed by atoms with Gasteiger partial charge in [0.1, 0.15) is 24.1 Å². The second-order valence-electron chi connectivity index (χ2n) is 6.39. The van der Waals surface area contributed by atoms with Gasteiger partial charge < -0.3 is 14.8 Å². The highest BCUT2D eigenvalue weighted by Gasteiger charge is 2.23. The highest BCUT2D eigenvalue weighted by Crippen LogP contribution is 2.17. The Bertz CT molecular complexity index is 945. The highest BCUT2D eigenvalue weighted by atomic mass is 16.5. The molecule has 1 atom stereocenters. The largest absolute Gasteiger partial charge is 0.489 e. The second-order valence-corrected chi connectivity index (χ2v) is 6.39. The molecule has 0 aliphatic heterocycles. The Balaban J connectivity index is 1.67. The van der Waals surface area contributed by atoms with E-state index < -0.39 is 17.9 Å². The van der Waals surface area contributed by atoms with Crippen molar-refractivity contribution >= 4 is 11.9 Å². The molecule has 0 saturated carbocycles. The number of aromatic nitrogens is 1. The molecule has 0 radical (unpaired) electrons. The van der Waals surface area contributed by atoms with E-state index in [1.807, 2.05) is 54.6 Å². The molecule has 148 valence electrons. The minimum absolute atomic E-state index is 0.237. The molecule has 0 aliphatic carbocycles. The zero-order valence-electron chi connectivity index (χ0n) is 16.1. The van der Waals surface area contributed by atoms with Crippen molar-refractivity contribution in [2.24, 2.45) is 0 Å². The summed E-state index contributed by atoms with van der Waals surface area (Å²) in [6, 6.07) is 21.5. The number of benzene rings is 2. The van der Waals surface area contributed by atoms with Crippen LogP contribution >= 0.6 is 0 Å². The first-order valence-corrected chi connectivity index (χ1v) is 9.21. The number of methoxy groups -OCH3 is 1. The van der Waals surface area contributed by atoms with Crippen LogP contribution in [0.4, 0.5) is 0 Å². The van der Waals surface area contributed by atoms with Crippen LogP contribution in [0.25, 0.3) is 0 Å². The fourth-order valence-corrected chi connectivity index (χ4v) is 2.80. The first kappa shape index (κ1) is 20.1. The van der Waals surface area contributed by atoms with E-state index in [2.05, 4.69) is 10.3 Å².